The Labute approximate surface area is 347 Å². The number of methoxy groups -OCH3 is 2. The maximum atomic E-state index is 11.6. The van der Waals surface area contributed by atoms with Crippen LogP contribution >= 0.6 is 0 Å². The van der Waals surface area contributed by atoms with E-state index in [1.807, 2.05) is 97.1 Å². The summed E-state index contributed by atoms with van der Waals surface area (Å²) in [7, 11) is 2.72. The fourth-order valence-electron chi connectivity index (χ4n) is 6.47. The third kappa shape index (κ3) is 10.4. The van der Waals surface area contributed by atoms with Crippen LogP contribution in [0.15, 0.2) is 152 Å². The largest absolute Gasteiger partial charge is 0.469 e. The van der Waals surface area contributed by atoms with E-state index in [1.54, 1.807) is 18.5 Å². The zero-order chi connectivity index (χ0) is 41.5. The molecule has 0 fully saturated rings. The van der Waals surface area contributed by atoms with E-state index in [4.69, 9.17) is 14.7 Å². The molecule has 0 radical (unpaired) electrons. The minimum atomic E-state index is -0.459. The van der Waals surface area contributed by atoms with Gasteiger partial charge in [0.25, 0.3) is 0 Å². The SMILES string of the molecule is COC(=O)/C=C/c1nc(NCc2ccccn2)c2c(-c3ccccc3)cccc2n1.COC(=O)CCc1nc(NCc2ccccn2)c2c(-c3ccccc3)cccc2n1. The summed E-state index contributed by atoms with van der Waals surface area (Å²) in [6.45, 7) is 1.04. The van der Waals surface area contributed by atoms with Gasteiger partial charge in [-0.25, -0.2) is 24.7 Å². The predicted molar refractivity (Wildman–Crippen MR) is 234 cm³/mol. The van der Waals surface area contributed by atoms with Gasteiger partial charge in [0.05, 0.1) is 66.9 Å². The average Bonchev–Trinajstić information content (AvgIpc) is 3.31. The van der Waals surface area contributed by atoms with Crippen LogP contribution in [0.25, 0.3) is 50.1 Å². The molecule has 8 rings (SSSR count). The van der Waals surface area contributed by atoms with Crippen molar-refractivity contribution in [2.75, 3.05) is 24.9 Å². The summed E-state index contributed by atoms with van der Waals surface area (Å²) in [5.74, 6) is 1.68. The van der Waals surface area contributed by atoms with Crippen molar-refractivity contribution in [2.45, 2.75) is 25.9 Å². The molecule has 8 aromatic rings. The fourth-order valence-corrected chi connectivity index (χ4v) is 6.47. The van der Waals surface area contributed by atoms with Gasteiger partial charge in [0.1, 0.15) is 17.5 Å². The molecular weight excluding hydrogens is 753 g/mol. The molecule has 0 bridgehead atoms. The summed E-state index contributed by atoms with van der Waals surface area (Å²) in [4.78, 5) is 50.6. The van der Waals surface area contributed by atoms with Crippen LogP contribution in [0.4, 0.5) is 11.6 Å². The second-order valence-electron chi connectivity index (χ2n) is 13.3. The van der Waals surface area contributed by atoms with Crippen LogP contribution in [0.3, 0.4) is 0 Å². The van der Waals surface area contributed by atoms with Crippen molar-refractivity contribution in [3.05, 3.63) is 175 Å². The maximum absolute atomic E-state index is 11.6. The molecule has 0 unspecified atom stereocenters. The van der Waals surface area contributed by atoms with E-state index in [0.29, 0.717) is 37.0 Å². The smallest absolute Gasteiger partial charge is 0.330 e. The molecule has 12 heteroatoms. The first-order valence-corrected chi connectivity index (χ1v) is 19.3. The summed E-state index contributed by atoms with van der Waals surface area (Å²) in [5, 5.41) is 8.68. The van der Waals surface area contributed by atoms with Gasteiger partial charge in [-0.3, -0.25) is 14.8 Å². The van der Waals surface area contributed by atoms with Crippen molar-refractivity contribution in [3.63, 3.8) is 0 Å². The summed E-state index contributed by atoms with van der Waals surface area (Å²) in [6.07, 6.45) is 7.04. The number of ether oxygens (including phenoxy) is 2. The highest BCUT2D eigenvalue weighted by molar-refractivity contribution is 6.03. The highest BCUT2D eigenvalue weighted by atomic mass is 16.5. The lowest BCUT2D eigenvalue weighted by molar-refractivity contribution is -0.140. The Balaban J connectivity index is 0.000000181. The standard InChI is InChI=1S/C24H22N4O2.C24H20N4O2/c2*1-30-22(29)14-13-21-27-20-12-7-11-19(17-8-3-2-4-9-17)23(20)24(28-21)26-16-18-10-5-6-15-25-18/h2-12,15H,13-14,16H2,1H3,(H,26,27,28);2-15H,16H2,1H3,(H,26,27,28)/b;14-13+. The lowest BCUT2D eigenvalue weighted by atomic mass is 10.0. The van der Waals surface area contributed by atoms with Crippen LogP contribution in [0.5, 0.6) is 0 Å². The molecule has 298 valence electrons. The number of benzene rings is 4. The van der Waals surface area contributed by atoms with Gasteiger partial charge >= 0.3 is 11.9 Å². The molecule has 0 atom stereocenters. The first-order valence-electron chi connectivity index (χ1n) is 19.3. The predicted octanol–water partition coefficient (Wildman–Crippen LogP) is 8.90. The van der Waals surface area contributed by atoms with E-state index in [9.17, 15) is 9.59 Å². The number of anilines is 2. The Hall–Kier alpha value is -7.86. The number of nitrogens with one attached hydrogen (secondary N) is 2. The highest BCUT2D eigenvalue weighted by Gasteiger charge is 2.15. The van der Waals surface area contributed by atoms with Gasteiger partial charge < -0.3 is 20.1 Å². The second-order valence-corrected chi connectivity index (χ2v) is 13.3. The van der Waals surface area contributed by atoms with Crippen LogP contribution in [-0.4, -0.2) is 56.1 Å². The number of rotatable bonds is 13. The number of carbonyl (C=O) groups excluding carboxylic acids is 2. The van der Waals surface area contributed by atoms with Gasteiger partial charge in [-0.2, -0.15) is 0 Å². The second kappa shape index (κ2) is 20.0. The van der Waals surface area contributed by atoms with Crippen molar-refractivity contribution in [3.8, 4) is 22.3 Å². The molecule has 2 N–H and O–H groups in total. The summed E-state index contributed by atoms with van der Waals surface area (Å²) >= 11 is 0. The number of hydrogen-bond donors (Lipinski definition) is 2. The highest BCUT2D eigenvalue weighted by Crippen LogP contribution is 2.34. The van der Waals surface area contributed by atoms with E-state index in [2.05, 4.69) is 71.7 Å². The molecule has 0 saturated carbocycles. The van der Waals surface area contributed by atoms with Crippen molar-refractivity contribution < 1.29 is 19.1 Å². The number of esters is 2. The van der Waals surface area contributed by atoms with Crippen LogP contribution in [0, 0.1) is 0 Å². The lowest BCUT2D eigenvalue weighted by Gasteiger charge is -2.14. The number of aryl methyl sites for hydroxylation is 1. The van der Waals surface area contributed by atoms with E-state index in [1.165, 1.54) is 20.3 Å². The molecule has 0 amide bonds. The quantitative estimate of drug-likeness (QED) is 0.0846. The lowest BCUT2D eigenvalue weighted by Crippen LogP contribution is -2.09. The topological polar surface area (TPSA) is 154 Å². The number of fused-ring (bicyclic) bond motifs is 2. The Morgan fingerprint density at radius 1 is 0.567 bits per heavy atom. The normalized spacial score (nSPS) is 10.8. The molecule has 0 saturated heterocycles. The molecule has 60 heavy (non-hydrogen) atoms. The van der Waals surface area contributed by atoms with Crippen molar-refractivity contribution in [1.29, 1.82) is 0 Å². The molecule has 0 spiro atoms. The number of hydrogen-bond acceptors (Lipinski definition) is 12. The molecular formula is C48H42N8O4. The van der Waals surface area contributed by atoms with Crippen molar-refractivity contribution in [1.82, 2.24) is 29.9 Å². The Kier molecular flexibility index (Phi) is 13.5. The van der Waals surface area contributed by atoms with Gasteiger partial charge in [-0.15, -0.1) is 0 Å². The number of nitrogens with zero attached hydrogens (tertiary/aromatic N) is 6. The van der Waals surface area contributed by atoms with Crippen LogP contribution in [0.1, 0.15) is 29.5 Å². The summed E-state index contributed by atoms with van der Waals surface area (Å²) in [6, 6.07) is 43.9. The van der Waals surface area contributed by atoms with E-state index < -0.39 is 5.97 Å². The van der Waals surface area contributed by atoms with Gasteiger partial charge in [0, 0.05) is 24.9 Å². The molecule has 0 aliphatic heterocycles. The van der Waals surface area contributed by atoms with Crippen LogP contribution in [0.2, 0.25) is 0 Å². The molecule has 0 aliphatic carbocycles. The zero-order valence-corrected chi connectivity index (χ0v) is 33.2. The monoisotopic (exact) mass is 794 g/mol. The van der Waals surface area contributed by atoms with Crippen LogP contribution in [-0.2, 0) is 38.6 Å². The summed E-state index contributed by atoms with van der Waals surface area (Å²) < 4.78 is 9.42. The Bertz CT molecular complexity index is 2720. The van der Waals surface area contributed by atoms with E-state index >= 15 is 0 Å². The minimum Gasteiger partial charge on any atom is -0.469 e. The first kappa shape index (κ1) is 40.3. The minimum absolute atomic E-state index is 0.236. The number of pyridine rings is 2. The van der Waals surface area contributed by atoms with Crippen molar-refractivity contribution >= 4 is 51.5 Å². The van der Waals surface area contributed by atoms with Crippen molar-refractivity contribution in [2.24, 2.45) is 0 Å². The molecule has 4 aromatic carbocycles. The van der Waals surface area contributed by atoms with Gasteiger partial charge in [0.15, 0.2) is 5.82 Å². The zero-order valence-electron chi connectivity index (χ0n) is 33.2. The average molecular weight is 795 g/mol. The third-order valence-corrected chi connectivity index (χ3v) is 9.36. The molecule has 0 aliphatic rings. The molecule has 4 heterocycles. The molecule has 12 nitrogen and oxygen atoms in total. The fraction of sp³-hybridized carbons (Fsp3) is 0.125. The number of carbonyl (C=O) groups is 2. The van der Waals surface area contributed by atoms with E-state index in [0.717, 1.165) is 61.3 Å². The Morgan fingerprint density at radius 3 is 1.62 bits per heavy atom. The third-order valence-electron chi connectivity index (χ3n) is 9.36. The van der Waals surface area contributed by atoms with Crippen LogP contribution < -0.4 is 10.6 Å². The number of aromatic nitrogens is 6. The van der Waals surface area contributed by atoms with Gasteiger partial charge in [-0.1, -0.05) is 97.1 Å². The van der Waals surface area contributed by atoms with Gasteiger partial charge in [-0.05, 0) is 64.7 Å². The molecule has 4 aromatic heterocycles. The van der Waals surface area contributed by atoms with Gasteiger partial charge in [0.2, 0.25) is 0 Å². The van der Waals surface area contributed by atoms with E-state index in [-0.39, 0.29) is 12.4 Å². The maximum Gasteiger partial charge on any atom is 0.330 e. The first-order chi connectivity index (χ1) is 29.5. The summed E-state index contributed by atoms with van der Waals surface area (Å²) in [5.41, 5.74) is 7.66. The Morgan fingerprint density at radius 2 is 1.10 bits per heavy atom.